The number of carbonyl (C=O) groups is 1. The summed E-state index contributed by atoms with van der Waals surface area (Å²) in [4.78, 5) is 19.0. The summed E-state index contributed by atoms with van der Waals surface area (Å²) >= 11 is 0. The molecule has 3 aromatic rings. The maximum Gasteiger partial charge on any atom is 0.205 e. The first kappa shape index (κ1) is 15.6. The van der Waals surface area contributed by atoms with Crippen LogP contribution in [-0.4, -0.2) is 17.8 Å². The quantitative estimate of drug-likeness (QED) is 0.504. The van der Waals surface area contributed by atoms with Crippen LogP contribution < -0.4 is 4.90 Å². The Morgan fingerprint density at radius 2 is 1.80 bits per heavy atom. The van der Waals surface area contributed by atoms with Crippen molar-refractivity contribution in [3.05, 3.63) is 83.8 Å². The van der Waals surface area contributed by atoms with E-state index in [4.69, 9.17) is 0 Å². The highest BCUT2D eigenvalue weighted by Gasteiger charge is 2.40. The van der Waals surface area contributed by atoms with Crippen molar-refractivity contribution in [1.82, 2.24) is 4.98 Å². The molecule has 0 amide bonds. The van der Waals surface area contributed by atoms with E-state index in [0.29, 0.717) is 5.69 Å². The number of ketones is 1. The summed E-state index contributed by atoms with van der Waals surface area (Å²) in [6.45, 7) is 4.36. The fourth-order valence-electron chi connectivity index (χ4n) is 3.86. The van der Waals surface area contributed by atoms with Crippen LogP contribution in [0, 0.1) is 0 Å². The van der Waals surface area contributed by atoms with Gasteiger partial charge in [0.05, 0.1) is 0 Å². The molecule has 0 bridgehead atoms. The molecule has 1 aromatic heterocycles. The minimum Gasteiger partial charge on any atom is -0.347 e. The molecule has 2 heterocycles. The van der Waals surface area contributed by atoms with Crippen LogP contribution in [0.25, 0.3) is 10.8 Å². The maximum atomic E-state index is 12.7. The third-order valence-electron chi connectivity index (χ3n) is 5.08. The lowest BCUT2D eigenvalue weighted by atomic mass is 9.81. The molecule has 0 aliphatic carbocycles. The molecule has 0 spiro atoms. The molecule has 124 valence electrons. The number of hydrogen-bond donors (Lipinski definition) is 0. The van der Waals surface area contributed by atoms with Crippen molar-refractivity contribution in [2.45, 2.75) is 19.3 Å². The van der Waals surface area contributed by atoms with Gasteiger partial charge in [-0.15, -0.1) is 0 Å². The van der Waals surface area contributed by atoms with E-state index in [1.165, 1.54) is 16.3 Å². The summed E-state index contributed by atoms with van der Waals surface area (Å²) in [7, 11) is 2.03. The third-order valence-corrected chi connectivity index (χ3v) is 5.08. The zero-order chi connectivity index (χ0) is 17.6. The lowest BCUT2D eigenvalue weighted by Crippen LogP contribution is -2.24. The van der Waals surface area contributed by atoms with E-state index in [0.717, 1.165) is 11.4 Å². The number of fused-ring (bicyclic) bond motifs is 3. The summed E-state index contributed by atoms with van der Waals surface area (Å²) < 4.78 is 0. The Hall–Kier alpha value is -2.94. The average molecular weight is 328 g/mol. The second-order valence-electron chi connectivity index (χ2n) is 6.97. The van der Waals surface area contributed by atoms with Crippen molar-refractivity contribution < 1.29 is 4.79 Å². The third kappa shape index (κ3) is 2.35. The molecular weight excluding hydrogens is 308 g/mol. The summed E-state index contributed by atoms with van der Waals surface area (Å²) in [5, 5.41) is 2.46. The summed E-state index contributed by atoms with van der Waals surface area (Å²) in [5.74, 6) is -0.0624. The van der Waals surface area contributed by atoms with E-state index in [1.54, 1.807) is 18.3 Å². The monoisotopic (exact) mass is 328 g/mol. The topological polar surface area (TPSA) is 33.2 Å². The van der Waals surface area contributed by atoms with Crippen molar-refractivity contribution in [3.63, 3.8) is 0 Å². The van der Waals surface area contributed by atoms with Gasteiger partial charge >= 0.3 is 0 Å². The predicted molar refractivity (Wildman–Crippen MR) is 102 cm³/mol. The SMILES string of the molecule is CN1/C(=C\C(=O)c2ccccn2)C(C)(C)c2c1ccc1ccccc21. The van der Waals surface area contributed by atoms with Gasteiger partial charge in [0.25, 0.3) is 0 Å². The Morgan fingerprint density at radius 3 is 2.56 bits per heavy atom. The van der Waals surface area contributed by atoms with Gasteiger partial charge < -0.3 is 4.90 Å². The summed E-state index contributed by atoms with van der Waals surface area (Å²) in [6, 6.07) is 18.1. The molecule has 25 heavy (non-hydrogen) atoms. The molecule has 2 aromatic carbocycles. The molecule has 1 aliphatic heterocycles. The molecule has 0 fully saturated rings. The molecule has 0 radical (unpaired) electrons. The molecule has 3 nitrogen and oxygen atoms in total. The first-order chi connectivity index (χ1) is 12.0. The molecule has 0 atom stereocenters. The van der Waals surface area contributed by atoms with E-state index in [2.05, 4.69) is 60.1 Å². The lowest BCUT2D eigenvalue weighted by Gasteiger charge is -2.24. The van der Waals surface area contributed by atoms with Crippen LogP contribution in [0.3, 0.4) is 0 Å². The number of rotatable bonds is 2. The van der Waals surface area contributed by atoms with Crippen LogP contribution in [0.15, 0.2) is 72.6 Å². The molecule has 0 N–H and O–H groups in total. The standard InChI is InChI=1S/C22H20N2O/c1-22(2)20(14-19(25)17-10-6-7-13-23-17)24(3)18-12-11-15-8-4-5-9-16(15)21(18)22/h4-14H,1-3H3/b20-14-. The first-order valence-corrected chi connectivity index (χ1v) is 8.43. The van der Waals surface area contributed by atoms with Gasteiger partial charge in [0.15, 0.2) is 0 Å². The average Bonchev–Trinajstić information content (AvgIpc) is 2.83. The second kappa shape index (κ2) is 5.55. The Morgan fingerprint density at radius 1 is 1.04 bits per heavy atom. The summed E-state index contributed by atoms with van der Waals surface area (Å²) in [5.41, 5.74) is 3.64. The number of allylic oxidation sites excluding steroid dienone is 2. The molecule has 0 unspecified atom stereocenters. The predicted octanol–water partition coefficient (Wildman–Crippen LogP) is 4.73. The van der Waals surface area contributed by atoms with Gasteiger partial charge in [-0.25, -0.2) is 0 Å². The fourth-order valence-corrected chi connectivity index (χ4v) is 3.86. The zero-order valence-electron chi connectivity index (χ0n) is 14.7. The van der Waals surface area contributed by atoms with Gasteiger partial charge in [-0.1, -0.05) is 50.2 Å². The molecule has 0 saturated carbocycles. The van der Waals surface area contributed by atoms with Crippen molar-refractivity contribution in [2.75, 3.05) is 11.9 Å². The lowest BCUT2D eigenvalue weighted by molar-refractivity contribution is 0.104. The Labute approximate surface area is 147 Å². The first-order valence-electron chi connectivity index (χ1n) is 8.43. The number of carbonyl (C=O) groups excluding carboxylic acids is 1. The van der Waals surface area contributed by atoms with Gasteiger partial charge in [-0.3, -0.25) is 9.78 Å². The van der Waals surface area contributed by atoms with Crippen molar-refractivity contribution in [1.29, 1.82) is 0 Å². The highest BCUT2D eigenvalue weighted by Crippen LogP contribution is 2.49. The van der Waals surface area contributed by atoms with Crippen LogP contribution in [0.1, 0.15) is 29.9 Å². The van der Waals surface area contributed by atoms with Crippen LogP contribution in [0.4, 0.5) is 5.69 Å². The highest BCUT2D eigenvalue weighted by molar-refractivity contribution is 6.05. The molecular formula is C22H20N2O. The molecule has 0 saturated heterocycles. The van der Waals surface area contributed by atoms with Crippen molar-refractivity contribution >= 4 is 22.2 Å². The number of pyridine rings is 1. The van der Waals surface area contributed by atoms with Crippen LogP contribution in [-0.2, 0) is 5.41 Å². The van der Waals surface area contributed by atoms with Crippen LogP contribution in [0.2, 0.25) is 0 Å². The van der Waals surface area contributed by atoms with E-state index in [9.17, 15) is 4.79 Å². The molecule has 4 rings (SSSR count). The number of aromatic nitrogens is 1. The number of anilines is 1. The van der Waals surface area contributed by atoms with Gasteiger partial charge in [-0.2, -0.15) is 0 Å². The maximum absolute atomic E-state index is 12.7. The smallest absolute Gasteiger partial charge is 0.205 e. The highest BCUT2D eigenvalue weighted by atomic mass is 16.1. The number of nitrogens with zero attached hydrogens (tertiary/aromatic N) is 2. The number of benzene rings is 2. The Bertz CT molecular complexity index is 1000. The van der Waals surface area contributed by atoms with Gasteiger partial charge in [0.1, 0.15) is 5.69 Å². The number of hydrogen-bond acceptors (Lipinski definition) is 3. The summed E-state index contributed by atoms with van der Waals surface area (Å²) in [6.07, 6.45) is 3.38. The molecule has 1 aliphatic rings. The van der Waals surface area contributed by atoms with Gasteiger partial charge in [0, 0.05) is 36.1 Å². The minimum absolute atomic E-state index is 0.0624. The second-order valence-corrected chi connectivity index (χ2v) is 6.97. The molecule has 3 heteroatoms. The van der Waals surface area contributed by atoms with Crippen LogP contribution >= 0.6 is 0 Å². The Balaban J connectivity index is 1.88. The minimum atomic E-state index is -0.255. The van der Waals surface area contributed by atoms with Crippen LogP contribution in [0.5, 0.6) is 0 Å². The van der Waals surface area contributed by atoms with Crippen molar-refractivity contribution in [2.24, 2.45) is 0 Å². The van der Waals surface area contributed by atoms with E-state index in [-0.39, 0.29) is 11.2 Å². The zero-order valence-corrected chi connectivity index (χ0v) is 14.7. The van der Waals surface area contributed by atoms with E-state index < -0.39 is 0 Å². The Kier molecular flexibility index (Phi) is 3.46. The number of likely N-dealkylation sites (N-methyl/N-ethyl adjacent to an activating group) is 1. The van der Waals surface area contributed by atoms with Gasteiger partial charge in [-0.05, 0) is 34.5 Å². The van der Waals surface area contributed by atoms with E-state index in [1.807, 2.05) is 19.2 Å². The largest absolute Gasteiger partial charge is 0.347 e. The van der Waals surface area contributed by atoms with Gasteiger partial charge in [0.2, 0.25) is 5.78 Å². The fraction of sp³-hybridized carbons (Fsp3) is 0.182. The normalized spacial score (nSPS) is 17.1. The van der Waals surface area contributed by atoms with E-state index >= 15 is 0 Å². The van der Waals surface area contributed by atoms with Crippen molar-refractivity contribution in [3.8, 4) is 0 Å².